The van der Waals surface area contributed by atoms with Gasteiger partial charge < -0.3 is 14.3 Å². The van der Waals surface area contributed by atoms with Crippen molar-refractivity contribution in [2.45, 2.75) is 24.0 Å². The van der Waals surface area contributed by atoms with Crippen LogP contribution in [0, 0.1) is 12.8 Å². The lowest BCUT2D eigenvalue weighted by Gasteiger charge is -2.39. The van der Waals surface area contributed by atoms with Gasteiger partial charge in [-0.3, -0.25) is 4.79 Å². The largest absolute Gasteiger partial charge is 0.368 e. The summed E-state index contributed by atoms with van der Waals surface area (Å²) in [4.78, 5) is 21.5. The van der Waals surface area contributed by atoms with Gasteiger partial charge in [0.2, 0.25) is 17.6 Å². The fourth-order valence-electron chi connectivity index (χ4n) is 4.54. The zero-order valence-electron chi connectivity index (χ0n) is 19.0. The Kier molecular flexibility index (Phi) is 6.41. The topological polar surface area (TPSA) is 99.8 Å². The molecule has 9 nitrogen and oxygen atoms in total. The Hall–Kier alpha value is -2.76. The van der Waals surface area contributed by atoms with Gasteiger partial charge in [0, 0.05) is 68.7 Å². The van der Waals surface area contributed by atoms with Gasteiger partial charge in [0.15, 0.2) is 0 Å². The Morgan fingerprint density at radius 3 is 2.41 bits per heavy atom. The van der Waals surface area contributed by atoms with Crippen molar-refractivity contribution in [2.24, 2.45) is 5.92 Å². The second-order valence-electron chi connectivity index (χ2n) is 8.62. The molecular formula is C23H27N5O4S2. The van der Waals surface area contributed by atoms with Gasteiger partial charge in [-0.2, -0.15) is 9.29 Å². The average Bonchev–Trinajstić information content (AvgIpc) is 3.54. The Balaban J connectivity index is 1.16. The van der Waals surface area contributed by atoms with E-state index in [9.17, 15) is 13.2 Å². The van der Waals surface area contributed by atoms with E-state index in [1.165, 1.54) is 9.99 Å². The van der Waals surface area contributed by atoms with Crippen molar-refractivity contribution < 1.29 is 17.7 Å². The quantitative estimate of drug-likeness (QED) is 0.530. The molecule has 0 saturated carbocycles. The predicted molar refractivity (Wildman–Crippen MR) is 129 cm³/mol. The molecule has 34 heavy (non-hydrogen) atoms. The number of amides is 1. The minimum atomic E-state index is -3.62. The molecular weight excluding hydrogens is 474 g/mol. The van der Waals surface area contributed by atoms with Crippen LogP contribution in [-0.2, 0) is 14.8 Å². The Bertz CT molecular complexity index is 1240. The molecule has 1 aromatic carbocycles. The van der Waals surface area contributed by atoms with Crippen molar-refractivity contribution in [1.82, 2.24) is 19.3 Å². The summed E-state index contributed by atoms with van der Waals surface area (Å²) in [5.74, 6) is 0.831. The number of aryl methyl sites for hydroxylation is 1. The van der Waals surface area contributed by atoms with Crippen molar-refractivity contribution >= 4 is 33.0 Å². The van der Waals surface area contributed by atoms with E-state index in [2.05, 4.69) is 27.2 Å². The highest BCUT2D eigenvalue weighted by molar-refractivity contribution is 7.91. The first kappa shape index (κ1) is 23.0. The molecule has 1 amide bonds. The van der Waals surface area contributed by atoms with Crippen molar-refractivity contribution in [1.29, 1.82) is 0 Å². The minimum absolute atomic E-state index is 0.129. The number of anilines is 1. The number of sulfonamides is 1. The van der Waals surface area contributed by atoms with E-state index in [1.807, 2.05) is 23.1 Å². The van der Waals surface area contributed by atoms with E-state index < -0.39 is 10.0 Å². The summed E-state index contributed by atoms with van der Waals surface area (Å²) in [7, 11) is -3.62. The van der Waals surface area contributed by atoms with Crippen LogP contribution in [-0.4, -0.2) is 72.9 Å². The van der Waals surface area contributed by atoms with Gasteiger partial charge in [0.1, 0.15) is 4.21 Å². The highest BCUT2D eigenvalue weighted by Crippen LogP contribution is 2.31. The van der Waals surface area contributed by atoms with E-state index in [0.29, 0.717) is 56.3 Å². The molecule has 0 spiro atoms. The summed E-state index contributed by atoms with van der Waals surface area (Å²) in [6.07, 6.45) is 1.08. The number of piperidine rings is 1. The van der Waals surface area contributed by atoms with E-state index in [0.717, 1.165) is 24.4 Å². The lowest BCUT2D eigenvalue weighted by molar-refractivity contribution is -0.137. The molecule has 5 rings (SSSR count). The molecule has 0 bridgehead atoms. The van der Waals surface area contributed by atoms with Crippen LogP contribution >= 0.6 is 11.3 Å². The third-order valence-corrected chi connectivity index (χ3v) is 9.78. The molecule has 2 fully saturated rings. The van der Waals surface area contributed by atoms with Gasteiger partial charge in [-0.15, -0.1) is 11.3 Å². The second kappa shape index (κ2) is 9.47. The van der Waals surface area contributed by atoms with Crippen LogP contribution < -0.4 is 4.90 Å². The number of thiophene rings is 1. The summed E-state index contributed by atoms with van der Waals surface area (Å²) < 4.78 is 33.0. The van der Waals surface area contributed by atoms with Crippen LogP contribution in [0.4, 0.5) is 5.69 Å². The van der Waals surface area contributed by atoms with Gasteiger partial charge in [-0.1, -0.05) is 23.4 Å². The lowest BCUT2D eigenvalue weighted by Crippen LogP contribution is -2.52. The summed E-state index contributed by atoms with van der Waals surface area (Å²) >= 11 is 1.15. The summed E-state index contributed by atoms with van der Waals surface area (Å²) in [5, 5.41) is 5.58. The fourth-order valence-corrected chi connectivity index (χ4v) is 7.32. The number of benzene rings is 1. The number of rotatable bonds is 5. The molecule has 2 aliphatic heterocycles. The van der Waals surface area contributed by atoms with Gasteiger partial charge >= 0.3 is 0 Å². The maximum Gasteiger partial charge on any atom is 0.252 e. The maximum absolute atomic E-state index is 13.2. The standard InChI is InChI=1S/C23H27N5O4S2/c1-17-24-22(25-32-17)19-15-21(33-16-19)34(30,31)28-9-7-18(8-10-28)23(29)27-13-11-26(12-14-27)20-5-3-2-4-6-20/h2-6,15-16,18H,7-14H2,1H3. The minimum Gasteiger partial charge on any atom is -0.368 e. The summed E-state index contributed by atoms with van der Waals surface area (Å²) in [6, 6.07) is 11.8. The average molecular weight is 502 g/mol. The molecule has 3 aromatic rings. The SMILES string of the molecule is Cc1nc(-c2csc(S(=O)(=O)N3CCC(C(=O)N4CCN(c5ccccc5)CC4)CC3)c2)no1. The number of carbonyl (C=O) groups is 1. The van der Waals surface area contributed by atoms with Crippen LogP contribution in [0.3, 0.4) is 0 Å². The van der Waals surface area contributed by atoms with E-state index >= 15 is 0 Å². The second-order valence-corrected chi connectivity index (χ2v) is 11.7. The van der Waals surface area contributed by atoms with Crippen molar-refractivity contribution in [3.05, 3.63) is 47.7 Å². The third-order valence-electron chi connectivity index (χ3n) is 6.47. The van der Waals surface area contributed by atoms with Crippen molar-refractivity contribution in [3.8, 4) is 11.4 Å². The van der Waals surface area contributed by atoms with Gasteiger partial charge in [-0.05, 0) is 31.0 Å². The van der Waals surface area contributed by atoms with Crippen LogP contribution in [0.15, 0.2) is 50.5 Å². The van der Waals surface area contributed by atoms with Crippen LogP contribution in [0.25, 0.3) is 11.4 Å². The zero-order chi connectivity index (χ0) is 23.7. The third kappa shape index (κ3) is 4.59. The first-order valence-electron chi connectivity index (χ1n) is 11.4. The monoisotopic (exact) mass is 501 g/mol. The van der Waals surface area contributed by atoms with E-state index in [-0.39, 0.29) is 16.0 Å². The molecule has 0 aliphatic carbocycles. The molecule has 0 unspecified atom stereocenters. The molecule has 4 heterocycles. The highest BCUT2D eigenvalue weighted by atomic mass is 32.2. The van der Waals surface area contributed by atoms with Gasteiger partial charge in [-0.25, -0.2) is 8.42 Å². The predicted octanol–water partition coefficient (Wildman–Crippen LogP) is 2.86. The first-order chi connectivity index (χ1) is 16.4. The molecule has 180 valence electrons. The number of hydrogen-bond acceptors (Lipinski definition) is 8. The highest BCUT2D eigenvalue weighted by Gasteiger charge is 2.35. The van der Waals surface area contributed by atoms with E-state index in [4.69, 9.17) is 4.52 Å². The molecule has 2 aromatic heterocycles. The number of hydrogen-bond donors (Lipinski definition) is 0. The van der Waals surface area contributed by atoms with Crippen LogP contribution in [0.1, 0.15) is 18.7 Å². The molecule has 11 heteroatoms. The maximum atomic E-state index is 13.2. The molecule has 0 N–H and O–H groups in total. The van der Waals surface area contributed by atoms with E-state index in [1.54, 1.807) is 18.4 Å². The fraction of sp³-hybridized carbons (Fsp3) is 0.435. The van der Waals surface area contributed by atoms with Gasteiger partial charge in [0.25, 0.3) is 10.0 Å². The zero-order valence-corrected chi connectivity index (χ0v) is 20.6. The number of nitrogens with zero attached hydrogens (tertiary/aromatic N) is 5. The van der Waals surface area contributed by atoms with Crippen LogP contribution in [0.5, 0.6) is 0 Å². The number of aromatic nitrogens is 2. The van der Waals surface area contributed by atoms with Crippen molar-refractivity contribution in [2.75, 3.05) is 44.2 Å². The van der Waals surface area contributed by atoms with Gasteiger partial charge in [0.05, 0.1) is 0 Å². The smallest absolute Gasteiger partial charge is 0.252 e. The molecule has 0 atom stereocenters. The molecule has 2 saturated heterocycles. The Morgan fingerprint density at radius 2 is 1.76 bits per heavy atom. The summed E-state index contributed by atoms with van der Waals surface area (Å²) in [5.41, 5.74) is 1.81. The first-order valence-corrected chi connectivity index (χ1v) is 13.7. The number of piperazine rings is 1. The number of carbonyl (C=O) groups excluding carboxylic acids is 1. The lowest BCUT2D eigenvalue weighted by atomic mass is 9.96. The van der Waals surface area contributed by atoms with Crippen molar-refractivity contribution in [3.63, 3.8) is 0 Å². The molecule has 0 radical (unpaired) electrons. The summed E-state index contributed by atoms with van der Waals surface area (Å²) in [6.45, 7) is 5.39. The molecule has 2 aliphatic rings. The Morgan fingerprint density at radius 1 is 1.06 bits per heavy atom. The number of para-hydroxylation sites is 1. The van der Waals surface area contributed by atoms with Crippen LogP contribution in [0.2, 0.25) is 0 Å². The Labute approximate surface area is 203 Å². The normalized spacial score (nSPS) is 18.4.